The molecule has 108 valence electrons. The predicted octanol–water partition coefficient (Wildman–Crippen LogP) is 3.20. The van der Waals surface area contributed by atoms with Gasteiger partial charge in [0.25, 0.3) is 0 Å². The second kappa shape index (κ2) is 5.35. The Morgan fingerprint density at radius 2 is 1.68 bits per heavy atom. The zero-order chi connectivity index (χ0) is 14.2. The number of carbonyl (C=O) groups excluding carboxylic acids is 2. The van der Waals surface area contributed by atoms with Gasteiger partial charge in [0.15, 0.2) is 5.12 Å². The van der Waals surface area contributed by atoms with Crippen LogP contribution < -0.4 is 0 Å². The van der Waals surface area contributed by atoms with Crippen molar-refractivity contribution in [1.29, 1.82) is 0 Å². The predicted molar refractivity (Wildman–Crippen MR) is 76.2 cm³/mol. The molecule has 2 aliphatic rings. The van der Waals surface area contributed by atoms with Gasteiger partial charge in [0, 0.05) is 24.3 Å². The number of piperidine rings is 1. The lowest BCUT2D eigenvalue weighted by molar-refractivity contribution is -0.109. The maximum atomic E-state index is 12.2. The van der Waals surface area contributed by atoms with Gasteiger partial charge in [0.05, 0.1) is 0 Å². The van der Waals surface area contributed by atoms with E-state index in [0.29, 0.717) is 5.25 Å². The van der Waals surface area contributed by atoms with Gasteiger partial charge in [-0.25, -0.2) is 4.79 Å². The highest BCUT2D eigenvalue weighted by Crippen LogP contribution is 2.41. The summed E-state index contributed by atoms with van der Waals surface area (Å²) in [5.74, 6) is 0. The van der Waals surface area contributed by atoms with E-state index < -0.39 is 5.60 Å². The van der Waals surface area contributed by atoms with Gasteiger partial charge in [0.2, 0.25) is 0 Å². The van der Waals surface area contributed by atoms with E-state index in [2.05, 4.69) is 0 Å². The van der Waals surface area contributed by atoms with Gasteiger partial charge in [-0.05, 0) is 46.5 Å². The summed E-state index contributed by atoms with van der Waals surface area (Å²) in [4.78, 5) is 25.4. The Bertz CT molecular complexity index is 363. The van der Waals surface area contributed by atoms with Gasteiger partial charge >= 0.3 is 6.09 Å². The lowest BCUT2D eigenvalue weighted by atomic mass is 10.0. The maximum Gasteiger partial charge on any atom is 0.410 e. The summed E-state index contributed by atoms with van der Waals surface area (Å²) in [5.41, 5.74) is -0.443. The van der Waals surface area contributed by atoms with Gasteiger partial charge in [-0.15, -0.1) is 0 Å². The Kier molecular flexibility index (Phi) is 4.14. The molecule has 2 saturated heterocycles. The Balaban J connectivity index is 1.99. The molecule has 0 aromatic rings. The molecular formula is C14H23NO3S. The lowest BCUT2D eigenvalue weighted by Crippen LogP contribution is -2.49. The summed E-state index contributed by atoms with van der Waals surface area (Å²) in [5, 5.41) is 0.545. The topological polar surface area (TPSA) is 46.6 Å². The smallest absolute Gasteiger partial charge is 0.410 e. The van der Waals surface area contributed by atoms with Crippen molar-refractivity contribution in [3.63, 3.8) is 0 Å². The van der Waals surface area contributed by atoms with Crippen molar-refractivity contribution in [2.24, 2.45) is 0 Å². The molecule has 0 radical (unpaired) electrons. The van der Waals surface area contributed by atoms with Crippen molar-refractivity contribution in [3.05, 3.63) is 0 Å². The standard InChI is InChI=1S/C14H23NO3S/c1-9(16)19-12-7-10-5-6-11(8-12)15(10)13(17)18-14(2,3)4/h10-12H,5-8H2,1-4H3/t10-,11+,12-. The van der Waals surface area contributed by atoms with Crippen LogP contribution in [0.1, 0.15) is 53.4 Å². The summed E-state index contributed by atoms with van der Waals surface area (Å²) in [6.45, 7) is 7.30. The van der Waals surface area contributed by atoms with Crippen molar-refractivity contribution in [2.75, 3.05) is 0 Å². The van der Waals surface area contributed by atoms with Crippen molar-refractivity contribution in [1.82, 2.24) is 4.90 Å². The molecule has 19 heavy (non-hydrogen) atoms. The van der Waals surface area contributed by atoms with Crippen LogP contribution in [0, 0.1) is 0 Å². The number of rotatable bonds is 1. The van der Waals surface area contributed by atoms with E-state index in [9.17, 15) is 9.59 Å². The maximum absolute atomic E-state index is 12.2. The summed E-state index contributed by atoms with van der Waals surface area (Å²) in [6.07, 6.45) is 3.73. The molecule has 2 heterocycles. The van der Waals surface area contributed by atoms with Crippen LogP contribution in [-0.4, -0.2) is 39.0 Å². The normalized spacial score (nSPS) is 30.3. The van der Waals surface area contributed by atoms with Crippen LogP contribution in [-0.2, 0) is 9.53 Å². The van der Waals surface area contributed by atoms with Gasteiger partial charge in [0.1, 0.15) is 5.60 Å². The first kappa shape index (κ1) is 14.7. The molecule has 0 aromatic heterocycles. The molecule has 0 aromatic carbocycles. The van der Waals surface area contributed by atoms with Crippen molar-refractivity contribution < 1.29 is 14.3 Å². The van der Waals surface area contributed by atoms with E-state index in [1.807, 2.05) is 25.7 Å². The Morgan fingerprint density at radius 1 is 1.16 bits per heavy atom. The fourth-order valence-electron chi connectivity index (χ4n) is 3.07. The minimum atomic E-state index is -0.443. The highest BCUT2D eigenvalue weighted by molar-refractivity contribution is 8.14. The summed E-state index contributed by atoms with van der Waals surface area (Å²) >= 11 is 1.43. The number of carbonyl (C=O) groups is 2. The largest absolute Gasteiger partial charge is 0.444 e. The second-order valence-electron chi connectivity index (χ2n) is 6.48. The molecule has 2 fully saturated rings. The molecule has 0 unspecified atom stereocenters. The molecule has 2 bridgehead atoms. The average Bonchev–Trinajstić information content (AvgIpc) is 2.47. The van der Waals surface area contributed by atoms with Crippen LogP contribution >= 0.6 is 11.8 Å². The minimum Gasteiger partial charge on any atom is -0.444 e. The van der Waals surface area contributed by atoms with E-state index in [1.54, 1.807) is 6.92 Å². The van der Waals surface area contributed by atoms with Crippen molar-refractivity contribution in [3.8, 4) is 0 Å². The van der Waals surface area contributed by atoms with Crippen LogP contribution in [0.25, 0.3) is 0 Å². The lowest BCUT2D eigenvalue weighted by Gasteiger charge is -2.39. The molecule has 0 spiro atoms. The molecule has 2 aliphatic heterocycles. The zero-order valence-electron chi connectivity index (χ0n) is 12.1. The third-order valence-electron chi connectivity index (χ3n) is 3.63. The number of hydrogen-bond donors (Lipinski definition) is 0. The van der Waals surface area contributed by atoms with Crippen molar-refractivity contribution in [2.45, 2.75) is 76.3 Å². The number of nitrogens with zero attached hydrogens (tertiary/aromatic N) is 1. The Hall–Kier alpha value is -0.710. The quantitative estimate of drug-likeness (QED) is 0.742. The third-order valence-corrected chi connectivity index (χ3v) is 4.68. The molecule has 0 aliphatic carbocycles. The second-order valence-corrected chi connectivity index (χ2v) is 7.95. The highest BCUT2D eigenvalue weighted by Gasteiger charge is 2.45. The van der Waals surface area contributed by atoms with Gasteiger partial charge in [-0.1, -0.05) is 11.8 Å². The number of ether oxygens (including phenoxy) is 1. The van der Waals surface area contributed by atoms with E-state index in [1.165, 1.54) is 11.8 Å². The van der Waals surface area contributed by atoms with Crippen LogP contribution in [0.4, 0.5) is 4.79 Å². The van der Waals surface area contributed by atoms with Crippen LogP contribution in [0.3, 0.4) is 0 Å². The van der Waals surface area contributed by atoms with Gasteiger partial charge in [-0.3, -0.25) is 4.79 Å². The molecule has 0 N–H and O–H groups in total. The first-order valence-electron chi connectivity index (χ1n) is 6.95. The summed E-state index contributed by atoms with van der Waals surface area (Å²) in [6, 6.07) is 0.510. The van der Waals surface area contributed by atoms with Crippen LogP contribution in [0.2, 0.25) is 0 Å². The van der Waals surface area contributed by atoms with Gasteiger partial charge in [-0.2, -0.15) is 0 Å². The Labute approximate surface area is 119 Å². The molecule has 4 nitrogen and oxygen atoms in total. The zero-order valence-corrected chi connectivity index (χ0v) is 13.0. The molecule has 2 rings (SSSR count). The van der Waals surface area contributed by atoms with E-state index >= 15 is 0 Å². The van der Waals surface area contributed by atoms with Gasteiger partial charge < -0.3 is 9.64 Å². The monoisotopic (exact) mass is 285 g/mol. The fourth-order valence-corrected chi connectivity index (χ4v) is 4.18. The van der Waals surface area contributed by atoms with Crippen molar-refractivity contribution >= 4 is 23.0 Å². The van der Waals surface area contributed by atoms with Crippen LogP contribution in [0.5, 0.6) is 0 Å². The summed E-state index contributed by atoms with van der Waals surface area (Å²) in [7, 11) is 0. The minimum absolute atomic E-state index is 0.176. The number of fused-ring (bicyclic) bond motifs is 2. The average molecular weight is 285 g/mol. The first-order valence-corrected chi connectivity index (χ1v) is 7.83. The number of amides is 1. The molecular weight excluding hydrogens is 262 g/mol. The SMILES string of the molecule is CC(=O)S[C@@H]1C[C@H]2CC[C@@H](C1)N2C(=O)OC(C)(C)C. The fraction of sp³-hybridized carbons (Fsp3) is 0.857. The Morgan fingerprint density at radius 3 is 2.11 bits per heavy atom. The molecule has 3 atom stereocenters. The number of thioether (sulfide) groups is 1. The van der Waals surface area contributed by atoms with E-state index in [-0.39, 0.29) is 23.3 Å². The van der Waals surface area contributed by atoms with Crippen LogP contribution in [0.15, 0.2) is 0 Å². The highest BCUT2D eigenvalue weighted by atomic mass is 32.2. The first-order chi connectivity index (χ1) is 8.76. The number of hydrogen-bond acceptors (Lipinski definition) is 4. The summed E-state index contributed by atoms with van der Waals surface area (Å²) < 4.78 is 5.49. The molecule has 1 amide bonds. The molecule has 0 saturated carbocycles. The molecule has 5 heteroatoms. The van der Waals surface area contributed by atoms with E-state index in [4.69, 9.17) is 4.74 Å². The van der Waals surface area contributed by atoms with E-state index in [0.717, 1.165) is 25.7 Å². The third kappa shape index (κ3) is 3.65.